The standard InChI is InChI=1S/C25H19F3N6O3/c1-14-6-7-17(30-24(35)15-4-3-5-18(10-15)37-25(26,27)28)11-19(14)31-22-20-23(34(2)13-29-20)33-21(32-22)16-8-9-36-12-16/h3-13H,1-2H3,(H,30,35)(H,31,32,33). The second-order valence-electron chi connectivity index (χ2n) is 8.12. The van der Waals surface area contributed by atoms with Gasteiger partial charge >= 0.3 is 6.36 Å². The van der Waals surface area contributed by atoms with Gasteiger partial charge in [-0.25, -0.2) is 15.0 Å². The molecule has 0 aliphatic rings. The molecule has 3 aromatic heterocycles. The minimum absolute atomic E-state index is 0.00702. The summed E-state index contributed by atoms with van der Waals surface area (Å²) in [4.78, 5) is 26.3. The average molecular weight is 508 g/mol. The molecular formula is C25H19F3N6O3. The molecule has 0 saturated carbocycles. The smallest absolute Gasteiger partial charge is 0.472 e. The fourth-order valence-electron chi connectivity index (χ4n) is 3.61. The van der Waals surface area contributed by atoms with Crippen LogP contribution in [-0.2, 0) is 7.05 Å². The van der Waals surface area contributed by atoms with E-state index in [0.717, 1.165) is 17.7 Å². The first-order chi connectivity index (χ1) is 17.7. The Labute approximate surface area is 207 Å². The van der Waals surface area contributed by atoms with Crippen LogP contribution >= 0.6 is 0 Å². The first-order valence-corrected chi connectivity index (χ1v) is 10.9. The predicted octanol–water partition coefficient (Wildman–Crippen LogP) is 5.83. The topological polar surface area (TPSA) is 107 Å². The number of amides is 1. The SMILES string of the molecule is Cc1ccc(NC(=O)c2cccc(OC(F)(F)F)c2)cc1Nc1nc(-c2ccoc2)nc2c1ncn2C. The Morgan fingerprint density at radius 3 is 2.70 bits per heavy atom. The van der Waals surface area contributed by atoms with E-state index in [1.54, 1.807) is 35.2 Å². The number of nitrogens with zero attached hydrogens (tertiary/aromatic N) is 4. The number of halogens is 3. The number of carbonyl (C=O) groups is 1. The zero-order valence-corrected chi connectivity index (χ0v) is 19.5. The number of aryl methyl sites for hydroxylation is 2. The van der Waals surface area contributed by atoms with Crippen LogP contribution in [0.25, 0.3) is 22.6 Å². The third-order valence-corrected chi connectivity index (χ3v) is 5.42. The highest BCUT2D eigenvalue weighted by molar-refractivity contribution is 6.04. The summed E-state index contributed by atoms with van der Waals surface area (Å²) in [6, 6.07) is 11.7. The van der Waals surface area contributed by atoms with Crippen LogP contribution in [0.15, 0.2) is 71.8 Å². The summed E-state index contributed by atoms with van der Waals surface area (Å²) < 4.78 is 48.4. The molecule has 0 saturated heterocycles. The number of aromatic nitrogens is 4. The molecule has 0 spiro atoms. The number of anilines is 3. The monoisotopic (exact) mass is 508 g/mol. The van der Waals surface area contributed by atoms with Gasteiger partial charge in [-0.1, -0.05) is 12.1 Å². The van der Waals surface area contributed by atoms with Gasteiger partial charge in [-0.05, 0) is 48.9 Å². The van der Waals surface area contributed by atoms with Crippen molar-refractivity contribution in [3.63, 3.8) is 0 Å². The molecular weight excluding hydrogens is 489 g/mol. The van der Waals surface area contributed by atoms with Gasteiger partial charge in [-0.2, -0.15) is 0 Å². The summed E-state index contributed by atoms with van der Waals surface area (Å²) in [6.45, 7) is 1.87. The lowest BCUT2D eigenvalue weighted by atomic mass is 10.1. The highest BCUT2D eigenvalue weighted by Crippen LogP contribution is 2.30. The van der Waals surface area contributed by atoms with Crippen molar-refractivity contribution in [3.05, 3.63) is 78.5 Å². The zero-order chi connectivity index (χ0) is 26.2. The van der Waals surface area contributed by atoms with Crippen LogP contribution in [0.4, 0.5) is 30.4 Å². The maximum atomic E-state index is 12.7. The van der Waals surface area contributed by atoms with Gasteiger partial charge in [0.05, 0.1) is 18.2 Å². The average Bonchev–Trinajstić information content (AvgIpc) is 3.51. The Kier molecular flexibility index (Phi) is 5.99. The molecule has 5 rings (SSSR count). The third-order valence-electron chi connectivity index (χ3n) is 5.42. The molecule has 3 heterocycles. The number of hydrogen-bond donors (Lipinski definition) is 2. The number of nitrogens with one attached hydrogen (secondary N) is 2. The molecule has 0 bridgehead atoms. The lowest BCUT2D eigenvalue weighted by Crippen LogP contribution is -2.18. The molecule has 0 fully saturated rings. The van der Waals surface area contributed by atoms with Crippen molar-refractivity contribution in [3.8, 4) is 17.1 Å². The second kappa shape index (κ2) is 9.30. The van der Waals surface area contributed by atoms with E-state index in [0.29, 0.717) is 39.7 Å². The van der Waals surface area contributed by atoms with Crippen molar-refractivity contribution < 1.29 is 27.1 Å². The number of imidazole rings is 1. The van der Waals surface area contributed by atoms with Crippen molar-refractivity contribution in [2.45, 2.75) is 13.3 Å². The van der Waals surface area contributed by atoms with Gasteiger partial charge in [0.15, 0.2) is 22.8 Å². The Morgan fingerprint density at radius 2 is 1.95 bits per heavy atom. The number of benzene rings is 2. The van der Waals surface area contributed by atoms with E-state index >= 15 is 0 Å². The highest BCUT2D eigenvalue weighted by Gasteiger charge is 2.31. The lowest BCUT2D eigenvalue weighted by Gasteiger charge is -2.13. The van der Waals surface area contributed by atoms with Crippen LogP contribution in [0.1, 0.15) is 15.9 Å². The van der Waals surface area contributed by atoms with E-state index in [-0.39, 0.29) is 5.56 Å². The number of hydrogen-bond acceptors (Lipinski definition) is 7. The van der Waals surface area contributed by atoms with Gasteiger partial charge in [0.1, 0.15) is 12.0 Å². The molecule has 0 unspecified atom stereocenters. The molecule has 1 amide bonds. The molecule has 0 radical (unpaired) electrons. The lowest BCUT2D eigenvalue weighted by molar-refractivity contribution is -0.274. The van der Waals surface area contributed by atoms with E-state index < -0.39 is 18.0 Å². The van der Waals surface area contributed by atoms with E-state index in [4.69, 9.17) is 4.42 Å². The van der Waals surface area contributed by atoms with Gasteiger partial charge in [0.25, 0.3) is 5.91 Å². The molecule has 0 aliphatic carbocycles. The number of alkyl halides is 3. The number of fused-ring (bicyclic) bond motifs is 1. The quantitative estimate of drug-likeness (QED) is 0.297. The Hall–Kier alpha value is -4.87. The third kappa shape index (κ3) is 5.22. The second-order valence-corrected chi connectivity index (χ2v) is 8.12. The van der Waals surface area contributed by atoms with Gasteiger partial charge in [-0.3, -0.25) is 4.79 Å². The molecule has 2 aromatic carbocycles. The molecule has 2 N–H and O–H groups in total. The first kappa shape index (κ1) is 23.9. The van der Waals surface area contributed by atoms with E-state index in [1.165, 1.54) is 24.7 Å². The molecule has 37 heavy (non-hydrogen) atoms. The largest absolute Gasteiger partial charge is 0.573 e. The summed E-state index contributed by atoms with van der Waals surface area (Å²) in [5.41, 5.74) is 3.76. The van der Waals surface area contributed by atoms with Gasteiger partial charge in [0, 0.05) is 24.0 Å². The summed E-state index contributed by atoms with van der Waals surface area (Å²) in [7, 11) is 1.82. The minimum Gasteiger partial charge on any atom is -0.472 e. The van der Waals surface area contributed by atoms with E-state index in [9.17, 15) is 18.0 Å². The predicted molar refractivity (Wildman–Crippen MR) is 130 cm³/mol. The van der Waals surface area contributed by atoms with Crippen molar-refractivity contribution in [2.75, 3.05) is 10.6 Å². The van der Waals surface area contributed by atoms with Crippen molar-refractivity contribution in [1.82, 2.24) is 19.5 Å². The maximum absolute atomic E-state index is 12.7. The molecule has 0 aliphatic heterocycles. The fourth-order valence-corrected chi connectivity index (χ4v) is 3.61. The minimum atomic E-state index is -4.86. The number of furan rings is 1. The van der Waals surface area contributed by atoms with E-state index in [2.05, 4.69) is 30.3 Å². The molecule has 12 heteroatoms. The van der Waals surface area contributed by atoms with Gasteiger partial charge < -0.3 is 24.4 Å². The Bertz CT molecular complexity index is 1600. The zero-order valence-electron chi connectivity index (χ0n) is 19.5. The molecule has 188 valence electrons. The molecule has 9 nitrogen and oxygen atoms in total. The fraction of sp³-hybridized carbons (Fsp3) is 0.120. The Morgan fingerprint density at radius 1 is 1.11 bits per heavy atom. The van der Waals surface area contributed by atoms with Crippen LogP contribution in [0.5, 0.6) is 5.75 Å². The summed E-state index contributed by atoms with van der Waals surface area (Å²) in [5.74, 6) is -0.192. The van der Waals surface area contributed by atoms with E-state index in [1.807, 2.05) is 14.0 Å². The summed E-state index contributed by atoms with van der Waals surface area (Å²) in [6.07, 6.45) is -0.161. The van der Waals surface area contributed by atoms with Gasteiger partial charge in [0.2, 0.25) is 0 Å². The first-order valence-electron chi connectivity index (χ1n) is 10.9. The number of ether oxygens (including phenoxy) is 1. The summed E-state index contributed by atoms with van der Waals surface area (Å²) >= 11 is 0. The van der Waals surface area contributed by atoms with Gasteiger partial charge in [-0.15, -0.1) is 13.2 Å². The Balaban J connectivity index is 1.42. The van der Waals surface area contributed by atoms with Crippen LogP contribution in [0.2, 0.25) is 0 Å². The maximum Gasteiger partial charge on any atom is 0.573 e. The normalized spacial score (nSPS) is 11.5. The summed E-state index contributed by atoms with van der Waals surface area (Å²) in [5, 5.41) is 5.96. The van der Waals surface area contributed by atoms with Crippen molar-refractivity contribution >= 4 is 34.3 Å². The van der Waals surface area contributed by atoms with Crippen molar-refractivity contribution in [2.24, 2.45) is 7.05 Å². The number of carbonyl (C=O) groups excluding carboxylic acids is 1. The highest BCUT2D eigenvalue weighted by atomic mass is 19.4. The van der Waals surface area contributed by atoms with Crippen molar-refractivity contribution in [1.29, 1.82) is 0 Å². The van der Waals surface area contributed by atoms with Crippen LogP contribution in [0, 0.1) is 6.92 Å². The molecule has 0 atom stereocenters. The van der Waals surface area contributed by atoms with Crippen LogP contribution in [0.3, 0.4) is 0 Å². The van der Waals surface area contributed by atoms with Crippen LogP contribution in [-0.4, -0.2) is 31.8 Å². The molecule has 5 aromatic rings. The van der Waals surface area contributed by atoms with Crippen LogP contribution < -0.4 is 15.4 Å². The number of rotatable bonds is 6.